The highest BCUT2D eigenvalue weighted by Gasteiger charge is 2.19. The van der Waals surface area contributed by atoms with Gasteiger partial charge in [-0.25, -0.2) is 0 Å². The summed E-state index contributed by atoms with van der Waals surface area (Å²) >= 11 is 0. The summed E-state index contributed by atoms with van der Waals surface area (Å²) in [7, 11) is 0. The molecule has 1 heteroatoms. The zero-order valence-corrected chi connectivity index (χ0v) is 10.1. The third-order valence-electron chi connectivity index (χ3n) is 2.96. The minimum atomic E-state index is 0.838. The number of benzene rings is 1. The molecule has 1 saturated carbocycles. The number of hydrogen-bond donors (Lipinski definition) is 1. The Hall–Kier alpha value is -1.08. The summed E-state index contributed by atoms with van der Waals surface area (Å²) in [5.41, 5.74) is 2.73. The van der Waals surface area contributed by atoms with Crippen molar-refractivity contribution in [2.75, 3.05) is 6.54 Å². The van der Waals surface area contributed by atoms with E-state index in [4.69, 9.17) is 0 Å². The summed E-state index contributed by atoms with van der Waals surface area (Å²) in [6, 6.07) is 9.62. The Morgan fingerprint density at radius 2 is 1.94 bits per heavy atom. The molecule has 1 nitrogen and oxygen atoms in total. The fourth-order valence-electron chi connectivity index (χ4n) is 1.72. The summed E-state index contributed by atoms with van der Waals surface area (Å²) < 4.78 is 0. The summed E-state index contributed by atoms with van der Waals surface area (Å²) in [6.45, 7) is 3.26. The Balaban J connectivity index is 1.61. The molecule has 16 heavy (non-hydrogen) atoms. The third kappa shape index (κ3) is 4.19. The number of rotatable bonds is 6. The second kappa shape index (κ2) is 5.86. The van der Waals surface area contributed by atoms with Crippen molar-refractivity contribution in [1.29, 1.82) is 0 Å². The molecule has 0 spiro atoms. The first-order valence-corrected chi connectivity index (χ1v) is 6.28. The molecule has 0 aromatic heterocycles. The van der Waals surface area contributed by atoms with Gasteiger partial charge in [0.2, 0.25) is 0 Å². The van der Waals surface area contributed by atoms with Crippen LogP contribution >= 0.6 is 0 Å². The highest BCUT2D eigenvalue weighted by Crippen LogP contribution is 2.18. The molecule has 0 amide bonds. The average Bonchev–Trinajstić information content (AvgIpc) is 3.10. The van der Waals surface area contributed by atoms with Crippen molar-refractivity contribution in [2.45, 2.75) is 38.6 Å². The number of nitrogens with one attached hydrogen (secondary N) is 1. The van der Waals surface area contributed by atoms with Gasteiger partial charge in [0.25, 0.3) is 0 Å². The van der Waals surface area contributed by atoms with Crippen LogP contribution in [0.2, 0.25) is 0 Å². The van der Waals surface area contributed by atoms with E-state index in [1.165, 1.54) is 24.0 Å². The van der Waals surface area contributed by atoms with Gasteiger partial charge in [-0.05, 0) is 44.7 Å². The Bertz CT molecular complexity index is 333. The van der Waals surface area contributed by atoms with E-state index in [2.05, 4.69) is 48.7 Å². The molecule has 0 saturated heterocycles. The number of aryl methyl sites for hydroxylation is 1. The van der Waals surface area contributed by atoms with Crippen LogP contribution in [0, 0.1) is 6.92 Å². The predicted octanol–water partition coefficient (Wildman–Crippen LogP) is 3.24. The molecule has 1 fully saturated rings. The minimum Gasteiger partial charge on any atom is -0.314 e. The first-order chi connectivity index (χ1) is 7.84. The molecule has 1 aromatic carbocycles. The summed E-state index contributed by atoms with van der Waals surface area (Å²) in [5.74, 6) is 0. The predicted molar refractivity (Wildman–Crippen MR) is 69.7 cm³/mol. The Morgan fingerprint density at radius 1 is 1.19 bits per heavy atom. The quantitative estimate of drug-likeness (QED) is 0.567. The lowest BCUT2D eigenvalue weighted by Gasteiger charge is -1.99. The van der Waals surface area contributed by atoms with Crippen LogP contribution in [0.1, 0.15) is 30.4 Å². The molecule has 1 aromatic rings. The summed E-state index contributed by atoms with van der Waals surface area (Å²) in [5, 5.41) is 3.51. The fraction of sp³-hybridized carbons (Fsp3) is 0.467. The van der Waals surface area contributed by atoms with E-state index in [1.807, 2.05) is 0 Å². The van der Waals surface area contributed by atoms with Gasteiger partial charge in [-0.15, -0.1) is 0 Å². The molecule has 2 rings (SSSR count). The first-order valence-electron chi connectivity index (χ1n) is 6.28. The molecule has 0 heterocycles. The smallest absolute Gasteiger partial charge is 0.00683 e. The lowest BCUT2D eigenvalue weighted by molar-refractivity contribution is 0.690. The van der Waals surface area contributed by atoms with E-state index in [1.54, 1.807) is 0 Å². The molecule has 86 valence electrons. The second-order valence-electron chi connectivity index (χ2n) is 4.68. The van der Waals surface area contributed by atoms with Gasteiger partial charge in [-0.1, -0.05) is 42.0 Å². The molecular formula is C15H21N. The SMILES string of the molecule is Cc1ccc(CC=CCCNC2CC2)cc1. The molecule has 0 unspecified atom stereocenters. The van der Waals surface area contributed by atoms with E-state index in [-0.39, 0.29) is 0 Å². The Kier molecular flexibility index (Phi) is 4.17. The van der Waals surface area contributed by atoms with Crippen molar-refractivity contribution >= 4 is 0 Å². The van der Waals surface area contributed by atoms with Crippen LogP contribution < -0.4 is 5.32 Å². The van der Waals surface area contributed by atoms with Crippen molar-refractivity contribution in [1.82, 2.24) is 5.32 Å². The van der Waals surface area contributed by atoms with Gasteiger partial charge in [0.05, 0.1) is 0 Å². The molecule has 1 aliphatic rings. The van der Waals surface area contributed by atoms with E-state index in [0.29, 0.717) is 0 Å². The van der Waals surface area contributed by atoms with E-state index in [0.717, 1.165) is 25.4 Å². The van der Waals surface area contributed by atoms with Crippen LogP contribution in [0.15, 0.2) is 36.4 Å². The number of allylic oxidation sites excluding steroid dienone is 1. The highest BCUT2D eigenvalue weighted by atomic mass is 14.9. The number of hydrogen-bond acceptors (Lipinski definition) is 1. The van der Waals surface area contributed by atoms with Crippen LogP contribution in [-0.4, -0.2) is 12.6 Å². The van der Waals surface area contributed by atoms with Crippen molar-refractivity contribution in [2.24, 2.45) is 0 Å². The lowest BCUT2D eigenvalue weighted by atomic mass is 10.1. The average molecular weight is 215 g/mol. The van der Waals surface area contributed by atoms with Gasteiger partial charge in [-0.2, -0.15) is 0 Å². The van der Waals surface area contributed by atoms with Gasteiger partial charge in [0, 0.05) is 6.04 Å². The molecular weight excluding hydrogens is 194 g/mol. The van der Waals surface area contributed by atoms with E-state index < -0.39 is 0 Å². The zero-order valence-electron chi connectivity index (χ0n) is 10.1. The third-order valence-corrected chi connectivity index (χ3v) is 2.96. The Labute approximate surface area is 98.6 Å². The topological polar surface area (TPSA) is 12.0 Å². The maximum Gasteiger partial charge on any atom is 0.00683 e. The molecule has 1 aliphatic carbocycles. The van der Waals surface area contributed by atoms with Crippen molar-refractivity contribution < 1.29 is 0 Å². The zero-order chi connectivity index (χ0) is 11.2. The van der Waals surface area contributed by atoms with Crippen molar-refractivity contribution in [3.63, 3.8) is 0 Å². The fourth-order valence-corrected chi connectivity index (χ4v) is 1.72. The largest absolute Gasteiger partial charge is 0.314 e. The van der Waals surface area contributed by atoms with Crippen LogP contribution in [0.25, 0.3) is 0 Å². The van der Waals surface area contributed by atoms with E-state index >= 15 is 0 Å². The lowest BCUT2D eigenvalue weighted by Crippen LogP contribution is -2.16. The van der Waals surface area contributed by atoms with Crippen molar-refractivity contribution in [3.8, 4) is 0 Å². The maximum atomic E-state index is 3.51. The van der Waals surface area contributed by atoms with E-state index in [9.17, 15) is 0 Å². The second-order valence-corrected chi connectivity index (χ2v) is 4.68. The molecule has 0 bridgehead atoms. The van der Waals surface area contributed by atoms with Gasteiger partial charge in [0.1, 0.15) is 0 Å². The highest BCUT2D eigenvalue weighted by molar-refractivity contribution is 5.22. The van der Waals surface area contributed by atoms with Crippen LogP contribution in [0.3, 0.4) is 0 Å². The summed E-state index contributed by atoms with van der Waals surface area (Å²) in [6.07, 6.45) is 9.54. The maximum absolute atomic E-state index is 3.51. The standard InChI is InChI=1S/C15H21N/c1-13-6-8-14(9-7-13)5-3-2-4-12-16-15-10-11-15/h2-3,6-9,15-16H,4-5,10-12H2,1H3. The van der Waals surface area contributed by atoms with Crippen LogP contribution in [0.5, 0.6) is 0 Å². The van der Waals surface area contributed by atoms with Crippen LogP contribution in [-0.2, 0) is 6.42 Å². The Morgan fingerprint density at radius 3 is 2.62 bits per heavy atom. The molecule has 0 aliphatic heterocycles. The van der Waals surface area contributed by atoms with Gasteiger partial charge in [-0.3, -0.25) is 0 Å². The minimum absolute atomic E-state index is 0.838. The molecule has 0 atom stereocenters. The van der Waals surface area contributed by atoms with Crippen molar-refractivity contribution in [3.05, 3.63) is 47.5 Å². The van der Waals surface area contributed by atoms with Gasteiger partial charge >= 0.3 is 0 Å². The molecule has 1 N–H and O–H groups in total. The first kappa shape index (κ1) is 11.4. The summed E-state index contributed by atoms with van der Waals surface area (Å²) in [4.78, 5) is 0. The van der Waals surface area contributed by atoms with Gasteiger partial charge < -0.3 is 5.32 Å². The monoisotopic (exact) mass is 215 g/mol. The molecule has 0 radical (unpaired) electrons. The van der Waals surface area contributed by atoms with Crippen LogP contribution in [0.4, 0.5) is 0 Å². The van der Waals surface area contributed by atoms with Gasteiger partial charge in [0.15, 0.2) is 0 Å². The normalized spacial score (nSPS) is 15.8.